The highest BCUT2D eigenvalue weighted by Crippen LogP contribution is 2.33. The molecule has 0 saturated carbocycles. The molecule has 0 aliphatic rings. The van der Waals surface area contributed by atoms with Crippen LogP contribution in [0.5, 0.6) is 11.5 Å². The molecule has 0 spiro atoms. The lowest BCUT2D eigenvalue weighted by molar-refractivity contribution is -0.385. The Balaban J connectivity index is 1.93. The van der Waals surface area contributed by atoms with Gasteiger partial charge in [0.1, 0.15) is 5.75 Å². The van der Waals surface area contributed by atoms with E-state index in [1.165, 1.54) is 18.2 Å². The molecule has 0 atom stereocenters. The molecule has 3 rings (SSSR count). The van der Waals surface area contributed by atoms with Crippen LogP contribution in [-0.4, -0.2) is 10.7 Å². The van der Waals surface area contributed by atoms with E-state index in [0.29, 0.717) is 11.3 Å². The molecule has 0 aliphatic heterocycles. The van der Waals surface area contributed by atoms with Gasteiger partial charge in [-0.25, -0.2) is 0 Å². The van der Waals surface area contributed by atoms with E-state index in [2.05, 4.69) is 31.9 Å². The summed E-state index contributed by atoms with van der Waals surface area (Å²) < 4.78 is 7.32. The molecule has 0 bridgehead atoms. The van der Waals surface area contributed by atoms with Gasteiger partial charge in [0.05, 0.1) is 4.92 Å². The summed E-state index contributed by atoms with van der Waals surface area (Å²) in [6.07, 6.45) is 0. The molecule has 130 valence electrons. The molecular weight excluding hydrogens is 466 g/mol. The highest BCUT2D eigenvalue weighted by atomic mass is 79.9. The van der Waals surface area contributed by atoms with Crippen molar-refractivity contribution in [1.29, 1.82) is 0 Å². The number of hydrogen-bond acceptors (Lipinski definition) is 4. The number of ether oxygens (including phenoxy) is 1. The van der Waals surface area contributed by atoms with E-state index in [-0.39, 0.29) is 22.8 Å². The molecule has 7 heteroatoms. The Morgan fingerprint density at radius 3 is 1.96 bits per heavy atom. The zero-order chi connectivity index (χ0) is 18.7. The zero-order valence-corrected chi connectivity index (χ0v) is 16.4. The van der Waals surface area contributed by atoms with Gasteiger partial charge in [0.15, 0.2) is 5.78 Å². The SMILES string of the molecule is O=C(c1ccc(Br)cc1)c1ccc(Oc2ccc(Br)cc2)c([N+](=O)[O-])c1. The van der Waals surface area contributed by atoms with Gasteiger partial charge in [-0.15, -0.1) is 0 Å². The molecule has 0 N–H and O–H groups in total. The fourth-order valence-electron chi connectivity index (χ4n) is 2.29. The van der Waals surface area contributed by atoms with Crippen LogP contribution in [-0.2, 0) is 0 Å². The fraction of sp³-hybridized carbons (Fsp3) is 0. The normalized spacial score (nSPS) is 10.4. The van der Waals surface area contributed by atoms with Crippen LogP contribution in [0.1, 0.15) is 15.9 Å². The smallest absolute Gasteiger partial charge is 0.312 e. The predicted octanol–water partition coefficient (Wildman–Crippen LogP) is 6.14. The molecular formula is C19H11Br2NO4. The zero-order valence-electron chi connectivity index (χ0n) is 13.2. The quantitative estimate of drug-likeness (QED) is 0.252. The van der Waals surface area contributed by atoms with Gasteiger partial charge in [0.2, 0.25) is 5.75 Å². The second-order valence-electron chi connectivity index (χ2n) is 5.33. The van der Waals surface area contributed by atoms with Gasteiger partial charge in [-0.1, -0.05) is 31.9 Å². The van der Waals surface area contributed by atoms with Crippen molar-refractivity contribution in [3.63, 3.8) is 0 Å². The highest BCUT2D eigenvalue weighted by Gasteiger charge is 2.20. The van der Waals surface area contributed by atoms with Gasteiger partial charge in [-0.2, -0.15) is 0 Å². The maximum atomic E-state index is 12.6. The molecule has 3 aromatic rings. The molecule has 3 aromatic carbocycles. The van der Waals surface area contributed by atoms with Crippen LogP contribution in [0, 0.1) is 10.1 Å². The van der Waals surface area contributed by atoms with Crippen molar-refractivity contribution in [3.8, 4) is 11.5 Å². The maximum absolute atomic E-state index is 12.6. The highest BCUT2D eigenvalue weighted by molar-refractivity contribution is 9.10. The number of rotatable bonds is 5. The van der Waals surface area contributed by atoms with E-state index in [4.69, 9.17) is 4.74 Å². The van der Waals surface area contributed by atoms with Crippen molar-refractivity contribution in [2.75, 3.05) is 0 Å². The Bertz CT molecular complexity index is 970. The number of benzene rings is 3. The summed E-state index contributed by atoms with van der Waals surface area (Å²) >= 11 is 6.62. The summed E-state index contributed by atoms with van der Waals surface area (Å²) in [5.74, 6) is 0.240. The van der Waals surface area contributed by atoms with Crippen molar-refractivity contribution >= 4 is 43.3 Å². The molecule has 0 saturated heterocycles. The lowest BCUT2D eigenvalue weighted by atomic mass is 10.0. The van der Waals surface area contributed by atoms with E-state index < -0.39 is 4.92 Å². The molecule has 0 radical (unpaired) electrons. The fourth-order valence-corrected chi connectivity index (χ4v) is 2.81. The summed E-state index contributed by atoms with van der Waals surface area (Å²) in [4.78, 5) is 23.4. The lowest BCUT2D eigenvalue weighted by Crippen LogP contribution is -2.03. The van der Waals surface area contributed by atoms with Gasteiger partial charge >= 0.3 is 5.69 Å². The van der Waals surface area contributed by atoms with Crippen LogP contribution >= 0.6 is 31.9 Å². The van der Waals surface area contributed by atoms with Gasteiger partial charge < -0.3 is 4.74 Å². The molecule has 0 heterocycles. The lowest BCUT2D eigenvalue weighted by Gasteiger charge is -2.08. The first kappa shape index (κ1) is 18.3. The molecule has 5 nitrogen and oxygen atoms in total. The second kappa shape index (κ2) is 7.80. The topological polar surface area (TPSA) is 69.4 Å². The van der Waals surface area contributed by atoms with Crippen LogP contribution in [0.2, 0.25) is 0 Å². The van der Waals surface area contributed by atoms with Crippen molar-refractivity contribution < 1.29 is 14.5 Å². The average Bonchev–Trinajstić information content (AvgIpc) is 2.64. The van der Waals surface area contributed by atoms with Crippen LogP contribution in [0.15, 0.2) is 75.7 Å². The Hall–Kier alpha value is -2.51. The largest absolute Gasteiger partial charge is 0.450 e. The van der Waals surface area contributed by atoms with Crippen molar-refractivity contribution in [1.82, 2.24) is 0 Å². The summed E-state index contributed by atoms with van der Waals surface area (Å²) in [5.41, 5.74) is 0.405. The van der Waals surface area contributed by atoms with E-state index >= 15 is 0 Å². The van der Waals surface area contributed by atoms with Crippen molar-refractivity contribution in [3.05, 3.63) is 96.9 Å². The Labute approximate surface area is 166 Å². The van der Waals surface area contributed by atoms with Gasteiger partial charge in [-0.05, 0) is 60.7 Å². The summed E-state index contributed by atoms with van der Waals surface area (Å²) in [5, 5.41) is 11.4. The Morgan fingerprint density at radius 2 is 1.38 bits per heavy atom. The number of nitro benzene ring substituents is 1. The second-order valence-corrected chi connectivity index (χ2v) is 7.16. The number of ketones is 1. The third-order valence-electron chi connectivity index (χ3n) is 3.57. The van der Waals surface area contributed by atoms with Gasteiger partial charge in [0.25, 0.3) is 0 Å². The van der Waals surface area contributed by atoms with Gasteiger partial charge in [0, 0.05) is 26.1 Å². The third-order valence-corrected chi connectivity index (χ3v) is 4.62. The van der Waals surface area contributed by atoms with Crippen LogP contribution < -0.4 is 4.74 Å². The molecule has 0 fully saturated rings. The average molecular weight is 477 g/mol. The number of carbonyl (C=O) groups excluding carboxylic acids is 1. The minimum absolute atomic E-state index is 0.0738. The predicted molar refractivity (Wildman–Crippen MR) is 105 cm³/mol. The van der Waals surface area contributed by atoms with E-state index in [9.17, 15) is 14.9 Å². The molecule has 0 aromatic heterocycles. The standard InChI is InChI=1S/C19H11Br2NO4/c20-14-4-1-12(2-5-14)19(23)13-3-10-18(17(11-13)22(24)25)26-16-8-6-15(21)7-9-16/h1-11H. The molecule has 0 amide bonds. The number of nitro groups is 1. The summed E-state index contributed by atoms with van der Waals surface area (Å²) in [6, 6.07) is 17.9. The molecule has 0 aliphatic carbocycles. The maximum Gasteiger partial charge on any atom is 0.312 e. The molecule has 0 unspecified atom stereocenters. The van der Waals surface area contributed by atoms with Crippen molar-refractivity contribution in [2.45, 2.75) is 0 Å². The van der Waals surface area contributed by atoms with Crippen LogP contribution in [0.3, 0.4) is 0 Å². The number of carbonyl (C=O) groups is 1. The minimum atomic E-state index is -0.563. The third kappa shape index (κ3) is 4.17. The van der Waals surface area contributed by atoms with Crippen LogP contribution in [0.4, 0.5) is 5.69 Å². The van der Waals surface area contributed by atoms with Crippen molar-refractivity contribution in [2.24, 2.45) is 0 Å². The number of hydrogen-bond donors (Lipinski definition) is 0. The molecule has 26 heavy (non-hydrogen) atoms. The first-order chi connectivity index (χ1) is 12.4. The van der Waals surface area contributed by atoms with E-state index in [1.807, 2.05) is 0 Å². The first-order valence-electron chi connectivity index (χ1n) is 7.46. The summed E-state index contributed by atoms with van der Waals surface area (Å²) in [6.45, 7) is 0. The van der Waals surface area contributed by atoms with E-state index in [0.717, 1.165) is 8.95 Å². The minimum Gasteiger partial charge on any atom is -0.450 e. The first-order valence-corrected chi connectivity index (χ1v) is 9.05. The number of halogens is 2. The summed E-state index contributed by atoms with van der Waals surface area (Å²) in [7, 11) is 0. The van der Waals surface area contributed by atoms with E-state index in [1.54, 1.807) is 48.5 Å². The monoisotopic (exact) mass is 475 g/mol. The van der Waals surface area contributed by atoms with Gasteiger partial charge in [-0.3, -0.25) is 14.9 Å². The Kier molecular flexibility index (Phi) is 5.49. The number of nitrogens with zero attached hydrogens (tertiary/aromatic N) is 1. The van der Waals surface area contributed by atoms with Crippen LogP contribution in [0.25, 0.3) is 0 Å². The Morgan fingerprint density at radius 1 is 0.846 bits per heavy atom.